The van der Waals surface area contributed by atoms with Gasteiger partial charge in [0.25, 0.3) is 0 Å². The van der Waals surface area contributed by atoms with E-state index in [4.69, 9.17) is 28.3 Å². The number of amides is 2. The number of halogens is 2. The molecule has 0 aliphatic carbocycles. The van der Waals surface area contributed by atoms with Crippen molar-refractivity contribution in [3.8, 4) is 5.75 Å². The van der Waals surface area contributed by atoms with Gasteiger partial charge in [-0.05, 0) is 25.5 Å². The number of carbonyl (C=O) groups is 2. The van der Waals surface area contributed by atoms with Crippen LogP contribution in [0.1, 0.15) is 24.8 Å². The second-order valence-corrected chi connectivity index (χ2v) is 7.04. The summed E-state index contributed by atoms with van der Waals surface area (Å²) in [4.78, 5) is 27.6. The zero-order chi connectivity index (χ0) is 17.6. The van der Waals surface area contributed by atoms with Crippen LogP contribution in [0.3, 0.4) is 0 Å². The minimum Gasteiger partial charge on any atom is -0.508 e. The Balaban J connectivity index is 1.88. The van der Waals surface area contributed by atoms with Crippen molar-refractivity contribution in [1.82, 2.24) is 9.80 Å². The molecular weight excluding hydrogens is 355 g/mol. The molecule has 8 heteroatoms. The highest BCUT2D eigenvalue weighted by atomic mass is 35.5. The molecule has 0 saturated carbocycles. The highest BCUT2D eigenvalue weighted by molar-refractivity contribution is 6.42. The molecule has 0 aromatic heterocycles. The fourth-order valence-electron chi connectivity index (χ4n) is 3.68. The Bertz CT molecular complexity index is 697. The number of hydrogen-bond donors (Lipinski definition) is 2. The van der Waals surface area contributed by atoms with E-state index in [1.165, 1.54) is 17.0 Å². The molecule has 0 spiro atoms. The van der Waals surface area contributed by atoms with Crippen molar-refractivity contribution in [2.75, 3.05) is 19.7 Å². The van der Waals surface area contributed by atoms with Gasteiger partial charge in [0.15, 0.2) is 0 Å². The Morgan fingerprint density at radius 3 is 2.71 bits per heavy atom. The Labute approximate surface area is 149 Å². The number of rotatable bonds is 2. The van der Waals surface area contributed by atoms with Gasteiger partial charge in [-0.25, -0.2) is 0 Å². The first-order valence-electron chi connectivity index (χ1n) is 7.72. The van der Waals surface area contributed by atoms with Gasteiger partial charge in [-0.2, -0.15) is 0 Å². The lowest BCUT2D eigenvalue weighted by molar-refractivity contribution is -0.153. The molecule has 2 amide bonds. The third-order valence-electron chi connectivity index (χ3n) is 4.90. The number of piperazine rings is 1. The second kappa shape index (κ2) is 6.43. The molecule has 2 fully saturated rings. The van der Waals surface area contributed by atoms with E-state index in [1.807, 2.05) is 0 Å². The van der Waals surface area contributed by atoms with Crippen LogP contribution in [-0.4, -0.2) is 63.6 Å². The van der Waals surface area contributed by atoms with E-state index in [0.29, 0.717) is 35.1 Å². The van der Waals surface area contributed by atoms with Gasteiger partial charge in [0.05, 0.1) is 16.1 Å². The summed E-state index contributed by atoms with van der Waals surface area (Å²) >= 11 is 12.3. The Hall–Kier alpha value is -1.50. The van der Waals surface area contributed by atoms with Crippen molar-refractivity contribution in [3.05, 3.63) is 27.7 Å². The summed E-state index contributed by atoms with van der Waals surface area (Å²) < 4.78 is 0. The molecule has 1 aromatic rings. The maximum atomic E-state index is 12.6. The third-order valence-corrected chi connectivity index (χ3v) is 5.72. The molecular formula is C16H18Cl2N2O4. The summed E-state index contributed by atoms with van der Waals surface area (Å²) in [6, 6.07) is 2.25. The molecule has 1 aromatic carbocycles. The van der Waals surface area contributed by atoms with Gasteiger partial charge in [0.1, 0.15) is 18.4 Å². The number of hydrogen-bond acceptors (Lipinski definition) is 4. The quantitative estimate of drug-likeness (QED) is 0.826. The zero-order valence-electron chi connectivity index (χ0n) is 13.1. The SMILES string of the molecule is C[C@H]1C(=O)N2C[C@@H](c3c(O)ccc(Cl)c3Cl)C[C@H]2CN1C(=O)CO. The van der Waals surface area contributed by atoms with Crippen LogP contribution < -0.4 is 0 Å². The first kappa shape index (κ1) is 17.3. The van der Waals surface area contributed by atoms with Crippen molar-refractivity contribution < 1.29 is 19.8 Å². The maximum Gasteiger partial charge on any atom is 0.249 e. The molecule has 24 heavy (non-hydrogen) atoms. The van der Waals surface area contributed by atoms with Crippen LogP contribution in [0.5, 0.6) is 5.75 Å². The number of nitrogens with zero attached hydrogens (tertiary/aromatic N) is 2. The van der Waals surface area contributed by atoms with E-state index in [9.17, 15) is 14.7 Å². The topological polar surface area (TPSA) is 81.1 Å². The van der Waals surface area contributed by atoms with Gasteiger partial charge in [-0.15, -0.1) is 0 Å². The first-order chi connectivity index (χ1) is 11.3. The maximum absolute atomic E-state index is 12.6. The Morgan fingerprint density at radius 1 is 1.33 bits per heavy atom. The Morgan fingerprint density at radius 2 is 2.04 bits per heavy atom. The van der Waals surface area contributed by atoms with E-state index in [0.717, 1.165) is 0 Å². The van der Waals surface area contributed by atoms with Crippen molar-refractivity contribution in [1.29, 1.82) is 0 Å². The minimum absolute atomic E-state index is 0.0537. The standard InChI is InChI=1S/C16H18Cl2N2O4/c1-8-16(24)20-5-9(4-10(20)6-19(8)13(23)7-21)14-12(22)3-2-11(17)15(14)18/h2-3,8-10,21-22H,4-7H2,1H3/t8-,9-,10-/m0/s1. The largest absolute Gasteiger partial charge is 0.508 e. The fourth-order valence-corrected chi connectivity index (χ4v) is 4.16. The van der Waals surface area contributed by atoms with E-state index in [2.05, 4.69) is 0 Å². The highest BCUT2D eigenvalue weighted by Crippen LogP contribution is 2.44. The number of fused-ring (bicyclic) bond motifs is 1. The van der Waals surface area contributed by atoms with Crippen molar-refractivity contribution >= 4 is 35.0 Å². The summed E-state index contributed by atoms with van der Waals surface area (Å²) in [5.74, 6) is -0.713. The van der Waals surface area contributed by atoms with E-state index in [1.54, 1.807) is 11.8 Å². The normalized spacial score (nSPS) is 26.7. The second-order valence-electron chi connectivity index (χ2n) is 6.25. The summed E-state index contributed by atoms with van der Waals surface area (Å²) in [5, 5.41) is 19.9. The lowest BCUT2D eigenvalue weighted by atomic mass is 9.95. The molecule has 0 bridgehead atoms. The number of aliphatic hydroxyl groups excluding tert-OH is 1. The average Bonchev–Trinajstić information content (AvgIpc) is 2.98. The number of aliphatic hydroxyl groups is 1. The van der Waals surface area contributed by atoms with Crippen LogP contribution in [0.15, 0.2) is 12.1 Å². The number of aromatic hydroxyl groups is 1. The van der Waals surface area contributed by atoms with Gasteiger partial charge >= 0.3 is 0 Å². The molecule has 0 unspecified atom stereocenters. The van der Waals surface area contributed by atoms with Gasteiger partial charge in [-0.3, -0.25) is 9.59 Å². The number of phenols is 1. The van der Waals surface area contributed by atoms with Crippen LogP contribution in [0.4, 0.5) is 0 Å². The Kier molecular flexibility index (Phi) is 4.64. The van der Waals surface area contributed by atoms with E-state index in [-0.39, 0.29) is 23.6 Å². The molecule has 2 aliphatic rings. The van der Waals surface area contributed by atoms with Gasteiger partial charge in [-0.1, -0.05) is 23.2 Å². The molecule has 130 valence electrons. The summed E-state index contributed by atoms with van der Waals surface area (Å²) in [6.45, 7) is 1.82. The molecule has 3 rings (SSSR count). The minimum atomic E-state index is -0.616. The number of benzene rings is 1. The summed E-state index contributed by atoms with van der Waals surface area (Å²) in [7, 11) is 0. The molecule has 2 aliphatic heterocycles. The molecule has 2 saturated heterocycles. The summed E-state index contributed by atoms with van der Waals surface area (Å²) in [6.07, 6.45) is 0.571. The zero-order valence-corrected chi connectivity index (χ0v) is 14.6. The van der Waals surface area contributed by atoms with Crippen molar-refractivity contribution in [3.63, 3.8) is 0 Å². The third kappa shape index (κ3) is 2.72. The van der Waals surface area contributed by atoms with Crippen LogP contribution in [0.2, 0.25) is 10.0 Å². The summed E-state index contributed by atoms with van der Waals surface area (Å²) in [5.41, 5.74) is 0.541. The fraction of sp³-hybridized carbons (Fsp3) is 0.500. The van der Waals surface area contributed by atoms with Crippen LogP contribution in [0, 0.1) is 0 Å². The van der Waals surface area contributed by atoms with Crippen LogP contribution >= 0.6 is 23.2 Å². The van der Waals surface area contributed by atoms with E-state index >= 15 is 0 Å². The molecule has 2 N–H and O–H groups in total. The van der Waals surface area contributed by atoms with Gasteiger partial charge in [0, 0.05) is 24.6 Å². The predicted octanol–water partition coefficient (Wildman–Crippen LogP) is 1.61. The first-order valence-corrected chi connectivity index (χ1v) is 8.48. The number of phenolic OH excluding ortho intramolecular Hbond substituents is 1. The highest BCUT2D eigenvalue weighted by Gasteiger charge is 2.46. The van der Waals surface area contributed by atoms with Gasteiger partial charge < -0.3 is 20.0 Å². The molecule has 0 radical (unpaired) electrons. The lowest BCUT2D eigenvalue weighted by Gasteiger charge is -2.41. The monoisotopic (exact) mass is 372 g/mol. The van der Waals surface area contributed by atoms with Crippen molar-refractivity contribution in [2.45, 2.75) is 31.3 Å². The van der Waals surface area contributed by atoms with Crippen LogP contribution in [-0.2, 0) is 9.59 Å². The average molecular weight is 373 g/mol. The number of carbonyl (C=O) groups excluding carboxylic acids is 2. The lowest BCUT2D eigenvalue weighted by Crippen LogP contribution is -2.60. The van der Waals surface area contributed by atoms with Crippen molar-refractivity contribution in [2.24, 2.45) is 0 Å². The predicted molar refractivity (Wildman–Crippen MR) is 89.2 cm³/mol. The smallest absolute Gasteiger partial charge is 0.249 e. The van der Waals surface area contributed by atoms with Crippen LogP contribution in [0.25, 0.3) is 0 Å². The van der Waals surface area contributed by atoms with E-state index < -0.39 is 18.6 Å². The van der Waals surface area contributed by atoms with Gasteiger partial charge in [0.2, 0.25) is 11.8 Å². The molecule has 3 atom stereocenters. The molecule has 2 heterocycles. The molecule has 6 nitrogen and oxygen atoms in total.